The monoisotopic (exact) mass is 324 g/mol. The summed E-state index contributed by atoms with van der Waals surface area (Å²) in [6, 6.07) is 0. The zero-order valence-electron chi connectivity index (χ0n) is 16.3. The Morgan fingerprint density at radius 1 is 1.17 bits per heavy atom. The van der Waals surface area contributed by atoms with Crippen LogP contribution in [0.3, 0.4) is 0 Å². The first-order valence-electron chi connectivity index (χ1n) is 9.87. The van der Waals surface area contributed by atoms with Gasteiger partial charge < -0.3 is 15.1 Å². The Bertz CT molecular complexity index is 321. The summed E-state index contributed by atoms with van der Waals surface area (Å²) in [4.78, 5) is 9.46. The number of nitrogens with one attached hydrogen (secondary N) is 1. The molecule has 0 aromatic rings. The van der Waals surface area contributed by atoms with Gasteiger partial charge in [-0.2, -0.15) is 0 Å². The molecule has 0 amide bonds. The summed E-state index contributed by atoms with van der Waals surface area (Å²) in [5, 5.41) is 3.57. The summed E-state index contributed by atoms with van der Waals surface area (Å²) in [6.45, 7) is 16.1. The van der Waals surface area contributed by atoms with Crippen LogP contribution in [0.2, 0.25) is 0 Å². The van der Waals surface area contributed by atoms with Gasteiger partial charge >= 0.3 is 0 Å². The first-order valence-corrected chi connectivity index (χ1v) is 9.87. The van der Waals surface area contributed by atoms with Gasteiger partial charge in [0.15, 0.2) is 5.96 Å². The Morgan fingerprint density at radius 2 is 1.87 bits per heavy atom. The van der Waals surface area contributed by atoms with E-state index < -0.39 is 0 Å². The molecule has 0 saturated carbocycles. The van der Waals surface area contributed by atoms with E-state index in [0.29, 0.717) is 0 Å². The molecule has 1 heterocycles. The molecule has 1 N–H and O–H groups in total. The van der Waals surface area contributed by atoms with E-state index in [9.17, 15) is 0 Å². The lowest BCUT2D eigenvalue weighted by atomic mass is 9.87. The van der Waals surface area contributed by atoms with Crippen molar-refractivity contribution in [2.24, 2.45) is 16.8 Å². The number of nitrogens with zero attached hydrogens (tertiary/aromatic N) is 3. The second kappa shape index (κ2) is 11.7. The van der Waals surface area contributed by atoms with E-state index in [4.69, 9.17) is 0 Å². The lowest BCUT2D eigenvalue weighted by molar-refractivity contribution is 0.296. The zero-order chi connectivity index (χ0) is 17.1. The quantitative estimate of drug-likeness (QED) is 0.379. The SMILES string of the molecule is CCC(CC)C1CCN(C(=NC)NCCCCN(CC)CC)C1. The van der Waals surface area contributed by atoms with Crippen LogP contribution in [0.15, 0.2) is 4.99 Å². The fourth-order valence-corrected chi connectivity index (χ4v) is 3.85. The molecule has 1 fully saturated rings. The van der Waals surface area contributed by atoms with Crippen LogP contribution in [0.5, 0.6) is 0 Å². The van der Waals surface area contributed by atoms with Crippen molar-refractivity contribution in [3.05, 3.63) is 0 Å². The first kappa shape index (κ1) is 20.3. The minimum atomic E-state index is 0.853. The number of unbranched alkanes of at least 4 members (excludes halogenated alkanes) is 1. The molecule has 0 aromatic heterocycles. The van der Waals surface area contributed by atoms with Crippen molar-refractivity contribution in [3.63, 3.8) is 0 Å². The van der Waals surface area contributed by atoms with Gasteiger partial charge in [0.1, 0.15) is 0 Å². The fraction of sp³-hybridized carbons (Fsp3) is 0.947. The number of hydrogen-bond donors (Lipinski definition) is 1. The highest BCUT2D eigenvalue weighted by Crippen LogP contribution is 2.28. The standard InChI is InChI=1S/C19H40N4/c1-6-17(7-2)18-12-15-23(16-18)19(20-5)21-13-10-11-14-22(8-3)9-4/h17-18H,6-16H2,1-5H3,(H,20,21). The molecule has 1 atom stereocenters. The molecule has 136 valence electrons. The van der Waals surface area contributed by atoms with Gasteiger partial charge in [-0.1, -0.05) is 40.5 Å². The number of likely N-dealkylation sites (tertiary alicyclic amines) is 1. The molecule has 1 unspecified atom stereocenters. The molecule has 0 bridgehead atoms. The molecule has 0 aromatic carbocycles. The number of rotatable bonds is 10. The van der Waals surface area contributed by atoms with Crippen molar-refractivity contribution >= 4 is 5.96 Å². The lowest BCUT2D eigenvalue weighted by Gasteiger charge is -2.24. The molecule has 23 heavy (non-hydrogen) atoms. The molecule has 0 spiro atoms. The Kier molecular flexibility index (Phi) is 10.3. The van der Waals surface area contributed by atoms with E-state index in [-0.39, 0.29) is 0 Å². The first-order chi connectivity index (χ1) is 11.2. The van der Waals surface area contributed by atoms with Crippen molar-refractivity contribution in [1.29, 1.82) is 0 Å². The summed E-state index contributed by atoms with van der Waals surface area (Å²) < 4.78 is 0. The third kappa shape index (κ3) is 6.70. The van der Waals surface area contributed by atoms with Crippen LogP contribution in [0.4, 0.5) is 0 Å². The smallest absolute Gasteiger partial charge is 0.193 e. The van der Waals surface area contributed by atoms with E-state index in [0.717, 1.165) is 37.4 Å². The van der Waals surface area contributed by atoms with Crippen LogP contribution >= 0.6 is 0 Å². The van der Waals surface area contributed by atoms with Gasteiger partial charge in [0.2, 0.25) is 0 Å². The molecule has 4 heteroatoms. The van der Waals surface area contributed by atoms with Gasteiger partial charge in [-0.05, 0) is 50.7 Å². The second-order valence-electron chi connectivity index (χ2n) is 6.78. The van der Waals surface area contributed by atoms with Crippen LogP contribution in [0.1, 0.15) is 59.8 Å². The van der Waals surface area contributed by atoms with E-state index in [1.165, 1.54) is 51.7 Å². The highest BCUT2D eigenvalue weighted by Gasteiger charge is 2.29. The molecule has 1 aliphatic rings. The molecule has 0 radical (unpaired) electrons. The second-order valence-corrected chi connectivity index (χ2v) is 6.78. The van der Waals surface area contributed by atoms with E-state index >= 15 is 0 Å². The Morgan fingerprint density at radius 3 is 2.43 bits per heavy atom. The Labute approximate surface area is 144 Å². The van der Waals surface area contributed by atoms with Crippen molar-refractivity contribution in [2.45, 2.75) is 59.8 Å². The van der Waals surface area contributed by atoms with Gasteiger partial charge in [0.05, 0.1) is 0 Å². The average Bonchev–Trinajstić information content (AvgIpc) is 3.05. The zero-order valence-corrected chi connectivity index (χ0v) is 16.3. The normalized spacial score (nSPS) is 19.2. The van der Waals surface area contributed by atoms with Crippen molar-refractivity contribution in [3.8, 4) is 0 Å². The summed E-state index contributed by atoms with van der Waals surface area (Å²) in [5.41, 5.74) is 0. The molecule has 1 rings (SSSR count). The minimum Gasteiger partial charge on any atom is -0.356 e. The number of aliphatic imine (C=N–C) groups is 1. The predicted octanol–water partition coefficient (Wildman–Crippen LogP) is 3.44. The predicted molar refractivity (Wildman–Crippen MR) is 102 cm³/mol. The highest BCUT2D eigenvalue weighted by molar-refractivity contribution is 5.80. The maximum Gasteiger partial charge on any atom is 0.193 e. The van der Waals surface area contributed by atoms with Crippen LogP contribution < -0.4 is 5.32 Å². The molecule has 1 aliphatic heterocycles. The third-order valence-electron chi connectivity index (χ3n) is 5.53. The third-order valence-corrected chi connectivity index (χ3v) is 5.53. The Balaban J connectivity index is 2.27. The summed E-state index contributed by atoms with van der Waals surface area (Å²) in [7, 11) is 1.92. The topological polar surface area (TPSA) is 30.9 Å². The van der Waals surface area contributed by atoms with Crippen molar-refractivity contribution in [1.82, 2.24) is 15.1 Å². The summed E-state index contributed by atoms with van der Waals surface area (Å²) in [5.74, 6) is 2.85. The Hall–Kier alpha value is -0.770. The molecule has 0 aliphatic carbocycles. The van der Waals surface area contributed by atoms with Gasteiger partial charge in [-0.3, -0.25) is 4.99 Å². The number of hydrogen-bond acceptors (Lipinski definition) is 2. The molecular formula is C19H40N4. The molecular weight excluding hydrogens is 284 g/mol. The van der Waals surface area contributed by atoms with E-state index in [1.54, 1.807) is 0 Å². The maximum atomic E-state index is 4.50. The van der Waals surface area contributed by atoms with Gasteiger partial charge in [0.25, 0.3) is 0 Å². The van der Waals surface area contributed by atoms with Crippen molar-refractivity contribution in [2.75, 3.05) is 46.3 Å². The lowest BCUT2D eigenvalue weighted by Crippen LogP contribution is -2.40. The van der Waals surface area contributed by atoms with Gasteiger partial charge in [-0.25, -0.2) is 0 Å². The van der Waals surface area contributed by atoms with Crippen LogP contribution in [-0.4, -0.2) is 62.1 Å². The van der Waals surface area contributed by atoms with Gasteiger partial charge in [-0.15, -0.1) is 0 Å². The largest absolute Gasteiger partial charge is 0.356 e. The average molecular weight is 325 g/mol. The fourth-order valence-electron chi connectivity index (χ4n) is 3.85. The van der Waals surface area contributed by atoms with E-state index in [1.807, 2.05) is 7.05 Å². The van der Waals surface area contributed by atoms with Crippen LogP contribution in [-0.2, 0) is 0 Å². The van der Waals surface area contributed by atoms with Crippen LogP contribution in [0, 0.1) is 11.8 Å². The van der Waals surface area contributed by atoms with Crippen LogP contribution in [0.25, 0.3) is 0 Å². The maximum absolute atomic E-state index is 4.50. The summed E-state index contributed by atoms with van der Waals surface area (Å²) in [6.07, 6.45) is 6.44. The van der Waals surface area contributed by atoms with E-state index in [2.05, 4.69) is 47.8 Å². The highest BCUT2D eigenvalue weighted by atomic mass is 15.3. The number of guanidine groups is 1. The summed E-state index contributed by atoms with van der Waals surface area (Å²) >= 11 is 0. The minimum absolute atomic E-state index is 0.853. The van der Waals surface area contributed by atoms with Gasteiger partial charge in [0, 0.05) is 26.7 Å². The van der Waals surface area contributed by atoms with Crippen molar-refractivity contribution < 1.29 is 0 Å². The molecule has 1 saturated heterocycles. The molecule has 4 nitrogen and oxygen atoms in total.